The topological polar surface area (TPSA) is 64.6 Å². The molecule has 0 aliphatic carbocycles. The Morgan fingerprint density at radius 3 is 2.65 bits per heavy atom. The predicted octanol–water partition coefficient (Wildman–Crippen LogP) is 3.26. The summed E-state index contributed by atoms with van der Waals surface area (Å²) in [6, 6.07) is 13.1. The second kappa shape index (κ2) is 6.68. The average molecular weight is 354 g/mol. The number of nitrogens with one attached hydrogen (secondary N) is 1. The van der Waals surface area contributed by atoms with Crippen molar-refractivity contribution in [2.75, 3.05) is 17.2 Å². The number of rotatable bonds is 5. The summed E-state index contributed by atoms with van der Waals surface area (Å²) in [4.78, 5) is 0.206. The molecule has 1 unspecified atom stereocenters. The van der Waals surface area contributed by atoms with Crippen molar-refractivity contribution < 1.29 is 17.9 Å². The van der Waals surface area contributed by atoms with Crippen molar-refractivity contribution in [2.45, 2.75) is 17.4 Å². The monoisotopic (exact) mass is 353 g/mol. The highest BCUT2D eigenvalue weighted by atomic mass is 35.5. The molecule has 2 aromatic carbocycles. The minimum absolute atomic E-state index is 0.0770. The van der Waals surface area contributed by atoms with E-state index < -0.39 is 10.0 Å². The lowest BCUT2D eigenvalue weighted by Crippen LogP contribution is -2.29. The first-order valence-electron chi connectivity index (χ1n) is 7.16. The summed E-state index contributed by atoms with van der Waals surface area (Å²) in [5.74, 6) is 1.61. The molecule has 0 amide bonds. The third kappa shape index (κ3) is 3.71. The fourth-order valence-corrected chi connectivity index (χ4v) is 3.57. The molecule has 3 rings (SSSR count). The molecule has 0 radical (unpaired) electrons. The Bertz CT molecular complexity index is 780. The maximum Gasteiger partial charge on any atom is 0.261 e. The van der Waals surface area contributed by atoms with Crippen LogP contribution >= 0.6 is 11.6 Å². The normalized spacial score (nSPS) is 16.8. The van der Waals surface area contributed by atoms with Gasteiger partial charge in [0.15, 0.2) is 11.5 Å². The standard InChI is InChI=1S/C16H16ClNO4S/c17-9-8-13-11-21-16-10-12(6-7-15(16)22-13)18-23(19,20)14-4-2-1-3-5-14/h1-7,10,13,18H,8-9,11H2. The molecular formula is C16H16ClNO4S. The fourth-order valence-electron chi connectivity index (χ4n) is 2.26. The highest BCUT2D eigenvalue weighted by Crippen LogP contribution is 2.35. The summed E-state index contributed by atoms with van der Waals surface area (Å²) in [7, 11) is -3.62. The highest BCUT2D eigenvalue weighted by Gasteiger charge is 2.22. The van der Waals surface area contributed by atoms with Gasteiger partial charge in [-0.2, -0.15) is 0 Å². The van der Waals surface area contributed by atoms with Gasteiger partial charge >= 0.3 is 0 Å². The Balaban J connectivity index is 1.78. The van der Waals surface area contributed by atoms with E-state index in [1.807, 2.05) is 0 Å². The van der Waals surface area contributed by atoms with Crippen molar-refractivity contribution in [3.63, 3.8) is 0 Å². The van der Waals surface area contributed by atoms with Crippen LogP contribution in [0.15, 0.2) is 53.4 Å². The van der Waals surface area contributed by atoms with Crippen molar-refractivity contribution >= 4 is 27.3 Å². The number of alkyl halides is 1. The number of halogens is 1. The summed E-state index contributed by atoms with van der Waals surface area (Å²) in [5, 5.41) is 0. The molecule has 0 saturated heterocycles. The van der Waals surface area contributed by atoms with Crippen molar-refractivity contribution in [2.24, 2.45) is 0 Å². The molecule has 1 N–H and O–H groups in total. The second-order valence-corrected chi connectivity index (χ2v) is 7.17. The van der Waals surface area contributed by atoms with E-state index in [1.165, 1.54) is 12.1 Å². The van der Waals surface area contributed by atoms with Crippen LogP contribution in [0.3, 0.4) is 0 Å². The number of anilines is 1. The van der Waals surface area contributed by atoms with E-state index in [2.05, 4.69) is 4.72 Å². The van der Waals surface area contributed by atoms with Crippen LogP contribution in [-0.2, 0) is 10.0 Å². The second-order valence-electron chi connectivity index (χ2n) is 5.11. The zero-order valence-electron chi connectivity index (χ0n) is 12.2. The minimum atomic E-state index is -3.62. The molecule has 7 heteroatoms. The van der Waals surface area contributed by atoms with Crippen molar-refractivity contribution in [3.05, 3.63) is 48.5 Å². The molecular weight excluding hydrogens is 338 g/mol. The van der Waals surface area contributed by atoms with Crippen LogP contribution in [-0.4, -0.2) is 27.0 Å². The molecule has 1 aliphatic heterocycles. The van der Waals surface area contributed by atoms with E-state index in [0.29, 0.717) is 36.1 Å². The van der Waals surface area contributed by atoms with Gasteiger partial charge in [-0.05, 0) is 24.3 Å². The van der Waals surface area contributed by atoms with E-state index in [4.69, 9.17) is 21.1 Å². The van der Waals surface area contributed by atoms with Gasteiger partial charge in [0.25, 0.3) is 10.0 Å². The molecule has 1 aliphatic rings. The van der Waals surface area contributed by atoms with Crippen LogP contribution in [0.5, 0.6) is 11.5 Å². The van der Waals surface area contributed by atoms with Gasteiger partial charge in [0, 0.05) is 18.4 Å². The van der Waals surface area contributed by atoms with Crippen molar-refractivity contribution in [1.29, 1.82) is 0 Å². The summed E-state index contributed by atoms with van der Waals surface area (Å²) < 4.78 is 38.5. The SMILES string of the molecule is O=S(=O)(Nc1ccc2c(c1)OCC(CCCl)O2)c1ccccc1. The molecule has 0 saturated carbocycles. The number of benzene rings is 2. The minimum Gasteiger partial charge on any atom is -0.486 e. The summed E-state index contributed by atoms with van der Waals surface area (Å²) in [6.07, 6.45) is 0.621. The van der Waals surface area contributed by atoms with Gasteiger partial charge in [0.05, 0.1) is 10.6 Å². The quantitative estimate of drug-likeness (QED) is 0.838. The molecule has 5 nitrogen and oxygen atoms in total. The van der Waals surface area contributed by atoms with Crippen LogP contribution < -0.4 is 14.2 Å². The van der Waals surface area contributed by atoms with Gasteiger partial charge in [0.1, 0.15) is 12.7 Å². The third-order valence-corrected chi connectivity index (χ3v) is 5.01. The van der Waals surface area contributed by atoms with Gasteiger partial charge in [-0.15, -0.1) is 11.6 Å². The molecule has 0 fully saturated rings. The summed E-state index contributed by atoms with van der Waals surface area (Å²) in [5.41, 5.74) is 0.423. The van der Waals surface area contributed by atoms with Gasteiger partial charge in [0.2, 0.25) is 0 Å². The molecule has 0 bridgehead atoms. The Labute approximate surface area is 140 Å². The molecule has 2 aromatic rings. The van der Waals surface area contributed by atoms with Crippen LogP contribution in [0.2, 0.25) is 0 Å². The Hall–Kier alpha value is -1.92. The first kappa shape index (κ1) is 16.0. The van der Waals surface area contributed by atoms with E-state index >= 15 is 0 Å². The highest BCUT2D eigenvalue weighted by molar-refractivity contribution is 7.92. The van der Waals surface area contributed by atoms with Crippen molar-refractivity contribution in [1.82, 2.24) is 0 Å². The largest absolute Gasteiger partial charge is 0.486 e. The average Bonchev–Trinajstić information content (AvgIpc) is 2.56. The lowest BCUT2D eigenvalue weighted by Gasteiger charge is -2.26. The Morgan fingerprint density at radius 2 is 1.91 bits per heavy atom. The Morgan fingerprint density at radius 1 is 1.13 bits per heavy atom. The first-order chi connectivity index (χ1) is 11.1. The maximum absolute atomic E-state index is 12.3. The van der Waals surface area contributed by atoms with Gasteiger partial charge < -0.3 is 9.47 Å². The van der Waals surface area contributed by atoms with Gasteiger partial charge in [-0.25, -0.2) is 8.42 Å². The molecule has 23 heavy (non-hydrogen) atoms. The number of fused-ring (bicyclic) bond motifs is 1. The van der Waals surface area contributed by atoms with E-state index in [9.17, 15) is 8.42 Å². The van der Waals surface area contributed by atoms with Gasteiger partial charge in [-0.3, -0.25) is 4.72 Å². The molecule has 1 heterocycles. The van der Waals surface area contributed by atoms with E-state index in [1.54, 1.807) is 36.4 Å². The molecule has 1 atom stereocenters. The zero-order chi connectivity index (χ0) is 16.3. The summed E-state index contributed by atoms with van der Waals surface area (Å²) >= 11 is 5.71. The summed E-state index contributed by atoms with van der Waals surface area (Å²) in [6.45, 7) is 0.397. The predicted molar refractivity (Wildman–Crippen MR) is 88.9 cm³/mol. The number of hydrogen-bond acceptors (Lipinski definition) is 4. The van der Waals surface area contributed by atoms with Crippen LogP contribution in [0.25, 0.3) is 0 Å². The number of hydrogen-bond donors (Lipinski definition) is 1. The van der Waals surface area contributed by atoms with E-state index in [0.717, 1.165) is 0 Å². The smallest absolute Gasteiger partial charge is 0.261 e. The van der Waals surface area contributed by atoms with Crippen LogP contribution in [0.1, 0.15) is 6.42 Å². The van der Waals surface area contributed by atoms with Crippen LogP contribution in [0.4, 0.5) is 5.69 Å². The number of sulfonamides is 1. The maximum atomic E-state index is 12.3. The fraction of sp³-hybridized carbons (Fsp3) is 0.250. The van der Waals surface area contributed by atoms with Crippen molar-refractivity contribution in [3.8, 4) is 11.5 Å². The van der Waals surface area contributed by atoms with Crippen LogP contribution in [0, 0.1) is 0 Å². The molecule has 0 aromatic heterocycles. The Kier molecular flexibility index (Phi) is 4.63. The number of ether oxygens (including phenoxy) is 2. The first-order valence-corrected chi connectivity index (χ1v) is 9.17. The lowest BCUT2D eigenvalue weighted by atomic mass is 10.2. The zero-order valence-corrected chi connectivity index (χ0v) is 13.8. The third-order valence-electron chi connectivity index (χ3n) is 3.40. The van der Waals surface area contributed by atoms with Gasteiger partial charge in [-0.1, -0.05) is 18.2 Å². The molecule has 122 valence electrons. The van der Waals surface area contributed by atoms with E-state index in [-0.39, 0.29) is 11.0 Å². The molecule has 0 spiro atoms. The lowest BCUT2D eigenvalue weighted by molar-refractivity contribution is 0.0891.